The molecule has 1 unspecified atom stereocenters. The van der Waals surface area contributed by atoms with Gasteiger partial charge in [0, 0.05) is 0 Å². The first-order valence-electron chi connectivity index (χ1n) is 5.85. The van der Waals surface area contributed by atoms with E-state index in [1.165, 1.54) is 25.1 Å². The molecule has 1 rings (SSSR count). The second-order valence-corrected chi connectivity index (χ2v) is 4.25. The van der Waals surface area contributed by atoms with Crippen LogP contribution in [0.3, 0.4) is 0 Å². The standard InChI is InChI=1S/C14H16O6/c1-8(2)7-19-9(3)20-14(18)12-10(13(16)17)5-4-6-11(12)15/h4-6,9,15H,1,7H2,2-3H3,(H,16,17). The zero-order chi connectivity index (χ0) is 15.3. The van der Waals surface area contributed by atoms with Gasteiger partial charge in [-0.15, -0.1) is 0 Å². The van der Waals surface area contributed by atoms with E-state index in [-0.39, 0.29) is 12.2 Å². The van der Waals surface area contributed by atoms with E-state index in [4.69, 9.17) is 14.6 Å². The van der Waals surface area contributed by atoms with Crippen molar-refractivity contribution in [3.05, 3.63) is 41.5 Å². The number of phenolic OH excluding ortho intramolecular Hbond substituents is 1. The Morgan fingerprint density at radius 1 is 1.40 bits per heavy atom. The van der Waals surface area contributed by atoms with Crippen molar-refractivity contribution in [1.82, 2.24) is 0 Å². The van der Waals surface area contributed by atoms with E-state index in [0.717, 1.165) is 5.57 Å². The zero-order valence-corrected chi connectivity index (χ0v) is 11.3. The smallest absolute Gasteiger partial charge is 0.345 e. The number of rotatable bonds is 6. The van der Waals surface area contributed by atoms with Crippen molar-refractivity contribution in [2.45, 2.75) is 20.1 Å². The Labute approximate surface area is 116 Å². The molecule has 0 saturated heterocycles. The van der Waals surface area contributed by atoms with E-state index in [9.17, 15) is 14.7 Å². The Hall–Kier alpha value is -2.34. The summed E-state index contributed by atoms with van der Waals surface area (Å²) in [5.41, 5.74) is 0.0227. The number of hydrogen-bond donors (Lipinski definition) is 2. The Balaban J connectivity index is 2.87. The molecule has 0 spiro atoms. The van der Waals surface area contributed by atoms with Crippen LogP contribution in [0.25, 0.3) is 0 Å². The van der Waals surface area contributed by atoms with Gasteiger partial charge in [0.05, 0.1) is 12.2 Å². The molecule has 0 saturated carbocycles. The van der Waals surface area contributed by atoms with E-state index < -0.39 is 29.5 Å². The van der Waals surface area contributed by atoms with Gasteiger partial charge in [-0.3, -0.25) is 0 Å². The molecule has 20 heavy (non-hydrogen) atoms. The van der Waals surface area contributed by atoms with Gasteiger partial charge in [0.25, 0.3) is 0 Å². The molecule has 6 heteroatoms. The van der Waals surface area contributed by atoms with E-state index in [1.54, 1.807) is 6.92 Å². The number of carboxylic acid groups (broad SMARTS) is 1. The molecule has 6 nitrogen and oxygen atoms in total. The van der Waals surface area contributed by atoms with Crippen LogP contribution in [0.4, 0.5) is 0 Å². The highest BCUT2D eigenvalue weighted by Gasteiger charge is 2.23. The molecule has 108 valence electrons. The average Bonchev–Trinajstić information content (AvgIpc) is 2.35. The van der Waals surface area contributed by atoms with E-state index in [2.05, 4.69) is 6.58 Å². The molecular weight excluding hydrogens is 264 g/mol. The molecule has 0 radical (unpaired) electrons. The maximum atomic E-state index is 11.9. The third-order valence-electron chi connectivity index (χ3n) is 2.31. The van der Waals surface area contributed by atoms with Crippen LogP contribution in [-0.4, -0.2) is 35.0 Å². The molecular formula is C14H16O6. The number of carbonyl (C=O) groups excluding carboxylic acids is 1. The summed E-state index contributed by atoms with van der Waals surface area (Å²) in [6.07, 6.45) is -0.888. The number of aromatic hydroxyl groups is 1. The molecule has 0 aliphatic carbocycles. The number of carbonyl (C=O) groups is 2. The lowest BCUT2D eigenvalue weighted by molar-refractivity contribution is -0.0912. The fourth-order valence-electron chi connectivity index (χ4n) is 1.44. The number of benzene rings is 1. The van der Waals surface area contributed by atoms with Gasteiger partial charge < -0.3 is 19.7 Å². The summed E-state index contributed by atoms with van der Waals surface area (Å²) < 4.78 is 10.1. The Morgan fingerprint density at radius 2 is 2.05 bits per heavy atom. The quantitative estimate of drug-likeness (QED) is 0.471. The van der Waals surface area contributed by atoms with Crippen LogP contribution in [0.15, 0.2) is 30.4 Å². The fraction of sp³-hybridized carbons (Fsp3) is 0.286. The van der Waals surface area contributed by atoms with Crippen LogP contribution in [-0.2, 0) is 9.47 Å². The lowest BCUT2D eigenvalue weighted by Gasteiger charge is -2.15. The summed E-state index contributed by atoms with van der Waals surface area (Å²) in [7, 11) is 0. The summed E-state index contributed by atoms with van der Waals surface area (Å²) in [5, 5.41) is 18.6. The van der Waals surface area contributed by atoms with Gasteiger partial charge in [0.15, 0.2) is 0 Å². The maximum Gasteiger partial charge on any atom is 0.345 e. The van der Waals surface area contributed by atoms with Gasteiger partial charge >= 0.3 is 11.9 Å². The normalized spacial score (nSPS) is 11.7. The third-order valence-corrected chi connectivity index (χ3v) is 2.31. The minimum Gasteiger partial charge on any atom is -0.507 e. The number of hydrogen-bond acceptors (Lipinski definition) is 5. The predicted molar refractivity (Wildman–Crippen MR) is 70.7 cm³/mol. The number of esters is 1. The highest BCUT2D eigenvalue weighted by Crippen LogP contribution is 2.22. The summed E-state index contributed by atoms with van der Waals surface area (Å²) in [6, 6.07) is 3.75. The molecule has 2 N–H and O–H groups in total. The minimum atomic E-state index is -1.33. The fourth-order valence-corrected chi connectivity index (χ4v) is 1.44. The van der Waals surface area contributed by atoms with Crippen LogP contribution in [0.1, 0.15) is 34.6 Å². The Morgan fingerprint density at radius 3 is 2.60 bits per heavy atom. The average molecular weight is 280 g/mol. The van der Waals surface area contributed by atoms with Gasteiger partial charge in [-0.05, 0) is 26.0 Å². The summed E-state index contributed by atoms with van der Waals surface area (Å²) in [4.78, 5) is 22.9. The second kappa shape index (κ2) is 6.72. The molecule has 0 aromatic heterocycles. The highest BCUT2D eigenvalue weighted by atomic mass is 16.7. The molecule has 0 bridgehead atoms. The minimum absolute atomic E-state index is 0.209. The lowest BCUT2D eigenvalue weighted by Crippen LogP contribution is -2.21. The van der Waals surface area contributed by atoms with Crippen molar-refractivity contribution >= 4 is 11.9 Å². The second-order valence-electron chi connectivity index (χ2n) is 4.25. The van der Waals surface area contributed by atoms with Crippen LogP contribution in [0, 0.1) is 0 Å². The Bertz CT molecular complexity index is 534. The molecule has 0 aliphatic rings. The van der Waals surface area contributed by atoms with Crippen molar-refractivity contribution in [1.29, 1.82) is 0 Å². The Kier molecular flexibility index (Phi) is 5.28. The SMILES string of the molecule is C=C(C)COC(C)OC(=O)c1c(O)cccc1C(=O)O. The highest BCUT2D eigenvalue weighted by molar-refractivity contribution is 6.04. The van der Waals surface area contributed by atoms with Crippen LogP contribution in [0.5, 0.6) is 5.75 Å². The monoisotopic (exact) mass is 280 g/mol. The molecule has 0 fully saturated rings. The number of ether oxygens (including phenoxy) is 2. The first-order valence-corrected chi connectivity index (χ1v) is 5.85. The van der Waals surface area contributed by atoms with Gasteiger partial charge in [-0.2, -0.15) is 0 Å². The van der Waals surface area contributed by atoms with Crippen LogP contribution in [0.2, 0.25) is 0 Å². The third kappa shape index (κ3) is 4.10. The van der Waals surface area contributed by atoms with E-state index in [0.29, 0.717) is 0 Å². The first-order chi connectivity index (χ1) is 9.32. The van der Waals surface area contributed by atoms with E-state index in [1.807, 2.05) is 0 Å². The number of aromatic carboxylic acids is 1. The van der Waals surface area contributed by atoms with Crippen molar-refractivity contribution < 1.29 is 29.3 Å². The van der Waals surface area contributed by atoms with Gasteiger partial charge in [0.2, 0.25) is 6.29 Å². The van der Waals surface area contributed by atoms with Crippen LogP contribution < -0.4 is 0 Å². The molecule has 0 heterocycles. The molecule has 1 atom stereocenters. The lowest BCUT2D eigenvalue weighted by atomic mass is 10.1. The number of carboxylic acids is 1. The van der Waals surface area contributed by atoms with Gasteiger partial charge in [-0.25, -0.2) is 9.59 Å². The number of phenols is 1. The molecule has 1 aromatic rings. The molecule has 0 aliphatic heterocycles. The van der Waals surface area contributed by atoms with Gasteiger partial charge in [0.1, 0.15) is 11.3 Å². The largest absolute Gasteiger partial charge is 0.507 e. The van der Waals surface area contributed by atoms with E-state index >= 15 is 0 Å². The summed E-state index contributed by atoms with van der Waals surface area (Å²) in [6.45, 7) is 7.08. The van der Waals surface area contributed by atoms with Crippen molar-refractivity contribution in [2.24, 2.45) is 0 Å². The van der Waals surface area contributed by atoms with Crippen molar-refractivity contribution in [2.75, 3.05) is 6.61 Å². The van der Waals surface area contributed by atoms with Crippen LogP contribution >= 0.6 is 0 Å². The topological polar surface area (TPSA) is 93.1 Å². The maximum absolute atomic E-state index is 11.9. The summed E-state index contributed by atoms with van der Waals surface area (Å²) >= 11 is 0. The molecule has 1 aromatic carbocycles. The summed E-state index contributed by atoms with van der Waals surface area (Å²) in [5.74, 6) is -2.75. The van der Waals surface area contributed by atoms with Gasteiger partial charge in [-0.1, -0.05) is 18.2 Å². The first kappa shape index (κ1) is 15.7. The predicted octanol–water partition coefficient (Wildman–Crippen LogP) is 2.19. The zero-order valence-electron chi connectivity index (χ0n) is 11.3. The molecule has 0 amide bonds. The van der Waals surface area contributed by atoms with Crippen molar-refractivity contribution in [3.63, 3.8) is 0 Å². The van der Waals surface area contributed by atoms with Crippen molar-refractivity contribution in [3.8, 4) is 5.75 Å².